The minimum absolute atomic E-state index is 0.207. The van der Waals surface area contributed by atoms with E-state index in [0.29, 0.717) is 5.03 Å². The van der Waals surface area contributed by atoms with Crippen LogP contribution in [0.2, 0.25) is 0 Å². The fraction of sp³-hybridized carbons (Fsp3) is 0. The van der Waals surface area contributed by atoms with Crippen LogP contribution >= 0.6 is 23.2 Å². The third-order valence-corrected chi connectivity index (χ3v) is 3.53. The average Bonchev–Trinajstić information content (AvgIpc) is 2.43. The molecular weight excluding hydrogens is 267 g/mol. The van der Waals surface area contributed by atoms with E-state index in [4.69, 9.17) is 23.2 Å². The molecule has 1 aliphatic heterocycles. The van der Waals surface area contributed by atoms with E-state index in [1.807, 2.05) is 48.5 Å². The van der Waals surface area contributed by atoms with Gasteiger partial charge in [-0.05, 0) is 11.6 Å². The first kappa shape index (κ1) is 11.5. The highest BCUT2D eigenvalue weighted by atomic mass is 35.5. The standard InChI is InChI=1S/C14H8Cl2N2/c15-13-11-7-2-1-5-9(11)10-6-3-4-8-12(10)17-18-14(13)16/h1-8H. The molecule has 0 aromatic heterocycles. The molecule has 0 fully saturated rings. The maximum absolute atomic E-state index is 6.24. The van der Waals surface area contributed by atoms with Gasteiger partial charge in [-0.25, -0.2) is 0 Å². The van der Waals surface area contributed by atoms with Crippen LogP contribution in [0.4, 0.5) is 5.69 Å². The number of benzene rings is 2. The molecule has 2 nitrogen and oxygen atoms in total. The Balaban J connectivity index is 2.39. The second-order valence-corrected chi connectivity index (χ2v) is 4.60. The Bertz CT molecular complexity index is 675. The minimum atomic E-state index is 0.207. The summed E-state index contributed by atoms with van der Waals surface area (Å²) in [5, 5.41) is 8.70. The highest BCUT2D eigenvalue weighted by Gasteiger charge is 2.15. The first-order chi connectivity index (χ1) is 8.77. The molecule has 0 unspecified atom stereocenters. The van der Waals surface area contributed by atoms with Gasteiger partial charge in [0.15, 0.2) is 5.16 Å². The van der Waals surface area contributed by atoms with Crippen LogP contribution in [-0.2, 0) is 0 Å². The average molecular weight is 275 g/mol. The van der Waals surface area contributed by atoms with E-state index in [-0.39, 0.29) is 5.16 Å². The van der Waals surface area contributed by atoms with Crippen molar-refractivity contribution in [2.45, 2.75) is 0 Å². The number of hydrogen-bond donors (Lipinski definition) is 0. The summed E-state index contributed by atoms with van der Waals surface area (Å²) in [5.74, 6) is 0. The zero-order valence-corrected chi connectivity index (χ0v) is 10.8. The van der Waals surface area contributed by atoms with Crippen molar-refractivity contribution in [2.75, 3.05) is 0 Å². The van der Waals surface area contributed by atoms with Crippen LogP contribution in [0.25, 0.3) is 16.2 Å². The Morgan fingerprint density at radius 2 is 1.28 bits per heavy atom. The molecule has 0 spiro atoms. The van der Waals surface area contributed by atoms with E-state index < -0.39 is 0 Å². The van der Waals surface area contributed by atoms with Crippen molar-refractivity contribution < 1.29 is 0 Å². The summed E-state index contributed by atoms with van der Waals surface area (Å²) >= 11 is 12.3. The topological polar surface area (TPSA) is 24.7 Å². The van der Waals surface area contributed by atoms with Gasteiger partial charge in [0, 0.05) is 11.1 Å². The number of azo groups is 1. The molecule has 4 heteroatoms. The number of halogens is 2. The van der Waals surface area contributed by atoms with Gasteiger partial charge in [0.2, 0.25) is 0 Å². The Morgan fingerprint density at radius 3 is 2.06 bits per heavy atom. The second-order valence-electron chi connectivity index (χ2n) is 3.87. The van der Waals surface area contributed by atoms with Crippen molar-refractivity contribution in [1.82, 2.24) is 0 Å². The van der Waals surface area contributed by atoms with E-state index >= 15 is 0 Å². The van der Waals surface area contributed by atoms with Crippen molar-refractivity contribution in [3.8, 4) is 11.1 Å². The van der Waals surface area contributed by atoms with Crippen LogP contribution in [0.5, 0.6) is 0 Å². The third-order valence-electron chi connectivity index (χ3n) is 2.78. The van der Waals surface area contributed by atoms with Gasteiger partial charge in [-0.1, -0.05) is 65.7 Å². The van der Waals surface area contributed by atoms with E-state index in [2.05, 4.69) is 10.2 Å². The summed E-state index contributed by atoms with van der Waals surface area (Å²) in [7, 11) is 0. The maximum atomic E-state index is 6.24. The van der Waals surface area contributed by atoms with Gasteiger partial charge in [0.25, 0.3) is 0 Å². The summed E-state index contributed by atoms with van der Waals surface area (Å²) in [5.41, 5.74) is 3.66. The molecule has 0 atom stereocenters. The minimum Gasteiger partial charge on any atom is -0.149 e. The molecular formula is C14H8Cl2N2. The quantitative estimate of drug-likeness (QED) is 0.563. The Kier molecular flexibility index (Phi) is 2.90. The van der Waals surface area contributed by atoms with Crippen molar-refractivity contribution in [1.29, 1.82) is 0 Å². The van der Waals surface area contributed by atoms with Crippen molar-refractivity contribution in [2.24, 2.45) is 10.2 Å². The van der Waals surface area contributed by atoms with Gasteiger partial charge in [-0.2, -0.15) is 0 Å². The highest BCUT2D eigenvalue weighted by molar-refractivity contribution is 6.55. The van der Waals surface area contributed by atoms with E-state index in [0.717, 1.165) is 22.4 Å². The fourth-order valence-electron chi connectivity index (χ4n) is 1.95. The van der Waals surface area contributed by atoms with Gasteiger partial charge in [0.05, 0.1) is 10.7 Å². The molecule has 2 aromatic carbocycles. The molecule has 2 aromatic rings. The van der Waals surface area contributed by atoms with Gasteiger partial charge in [-0.3, -0.25) is 0 Å². The molecule has 18 heavy (non-hydrogen) atoms. The largest absolute Gasteiger partial charge is 0.170 e. The molecule has 0 aliphatic carbocycles. The second kappa shape index (κ2) is 4.56. The lowest BCUT2D eigenvalue weighted by molar-refractivity contribution is 1.21. The smallest absolute Gasteiger partial charge is 0.149 e. The van der Waals surface area contributed by atoms with Gasteiger partial charge in [-0.15, -0.1) is 10.2 Å². The molecule has 3 rings (SSSR count). The fourth-order valence-corrected chi connectivity index (χ4v) is 2.29. The summed E-state index contributed by atoms with van der Waals surface area (Å²) in [4.78, 5) is 0. The van der Waals surface area contributed by atoms with E-state index in [9.17, 15) is 0 Å². The molecule has 0 radical (unpaired) electrons. The van der Waals surface area contributed by atoms with E-state index in [1.54, 1.807) is 0 Å². The van der Waals surface area contributed by atoms with Gasteiger partial charge < -0.3 is 0 Å². The molecule has 0 bridgehead atoms. The van der Waals surface area contributed by atoms with Crippen molar-refractivity contribution in [3.05, 3.63) is 59.3 Å². The number of hydrogen-bond acceptors (Lipinski definition) is 2. The molecule has 88 valence electrons. The van der Waals surface area contributed by atoms with Crippen LogP contribution < -0.4 is 0 Å². The summed E-state index contributed by atoms with van der Waals surface area (Å²) in [6, 6.07) is 15.6. The molecule has 0 N–H and O–H groups in total. The first-order valence-corrected chi connectivity index (χ1v) is 6.19. The summed E-state index contributed by atoms with van der Waals surface area (Å²) in [6.45, 7) is 0. The van der Waals surface area contributed by atoms with Crippen LogP contribution in [-0.4, -0.2) is 0 Å². The van der Waals surface area contributed by atoms with Crippen molar-refractivity contribution in [3.63, 3.8) is 0 Å². The first-order valence-electron chi connectivity index (χ1n) is 5.43. The molecule has 0 saturated carbocycles. The number of rotatable bonds is 0. The summed E-state index contributed by atoms with van der Waals surface area (Å²) < 4.78 is 0. The maximum Gasteiger partial charge on any atom is 0.170 e. The van der Waals surface area contributed by atoms with Crippen LogP contribution in [0.1, 0.15) is 5.56 Å². The zero-order valence-electron chi connectivity index (χ0n) is 9.27. The third kappa shape index (κ3) is 1.84. The SMILES string of the molecule is ClC1=C(Cl)c2ccccc2-c2ccccc2N=N1. The lowest BCUT2D eigenvalue weighted by atomic mass is 9.98. The monoisotopic (exact) mass is 274 g/mol. The molecule has 1 aliphatic rings. The van der Waals surface area contributed by atoms with Gasteiger partial charge in [0.1, 0.15) is 0 Å². The van der Waals surface area contributed by atoms with Crippen LogP contribution in [0, 0.1) is 0 Å². The highest BCUT2D eigenvalue weighted by Crippen LogP contribution is 2.40. The predicted octanol–water partition coefficient (Wildman–Crippen LogP) is 5.55. The summed E-state index contributed by atoms with van der Waals surface area (Å²) in [6.07, 6.45) is 0. The Labute approximate surface area is 115 Å². The molecule has 0 saturated heterocycles. The van der Waals surface area contributed by atoms with Crippen molar-refractivity contribution >= 4 is 33.9 Å². The molecule has 1 heterocycles. The normalized spacial score (nSPS) is 13.7. The Hall–Kier alpha value is -1.64. The predicted molar refractivity (Wildman–Crippen MR) is 75.0 cm³/mol. The molecule has 0 amide bonds. The van der Waals surface area contributed by atoms with E-state index in [1.165, 1.54) is 0 Å². The lowest BCUT2D eigenvalue weighted by Gasteiger charge is -2.13. The van der Waals surface area contributed by atoms with Crippen LogP contribution in [0.3, 0.4) is 0 Å². The van der Waals surface area contributed by atoms with Gasteiger partial charge >= 0.3 is 0 Å². The van der Waals surface area contributed by atoms with Crippen LogP contribution in [0.15, 0.2) is 63.9 Å². The number of fused-ring (bicyclic) bond motifs is 3. The Morgan fingerprint density at radius 1 is 0.667 bits per heavy atom. The lowest BCUT2D eigenvalue weighted by Crippen LogP contribution is -1.89. The zero-order chi connectivity index (χ0) is 12.5. The number of nitrogens with zero attached hydrogens (tertiary/aromatic N) is 2.